The summed E-state index contributed by atoms with van der Waals surface area (Å²) in [6.45, 7) is 5.48. The Balaban J connectivity index is 3.72. The third kappa shape index (κ3) is 2.52. The van der Waals surface area contributed by atoms with E-state index in [4.69, 9.17) is 0 Å². The summed E-state index contributed by atoms with van der Waals surface area (Å²) in [6.07, 6.45) is 0. The molecule has 1 saturated carbocycles. The molecule has 0 heterocycles. The molecule has 1 aliphatic carbocycles. The van der Waals surface area contributed by atoms with E-state index < -0.39 is 40.7 Å². The highest BCUT2D eigenvalue weighted by Crippen LogP contribution is 2.70. The average Bonchev–Trinajstić information content (AvgIpc) is 2.26. The summed E-state index contributed by atoms with van der Waals surface area (Å²) in [7, 11) is 0. The Hall–Kier alpha value is -0.640. The van der Waals surface area contributed by atoms with E-state index in [2.05, 4.69) is 9.47 Å². The largest absolute Gasteiger partial charge is 0.384 e. The van der Waals surface area contributed by atoms with E-state index in [-0.39, 0.29) is 0 Å². The van der Waals surface area contributed by atoms with Gasteiger partial charge < -0.3 is 9.47 Å². The van der Waals surface area contributed by atoms with Crippen molar-refractivity contribution < 1.29 is 44.6 Å². The van der Waals surface area contributed by atoms with Gasteiger partial charge in [0, 0.05) is 0 Å². The second-order valence-electron chi connectivity index (χ2n) is 7.34. The van der Waals surface area contributed by atoms with Crippen molar-refractivity contribution in [1.82, 2.24) is 0 Å². The molecule has 2 atom stereocenters. The van der Waals surface area contributed by atoms with Crippen molar-refractivity contribution in [2.24, 2.45) is 0 Å². The van der Waals surface area contributed by atoms with Crippen LogP contribution in [0.1, 0.15) is 41.5 Å². The van der Waals surface area contributed by atoms with Gasteiger partial charge in [0.15, 0.2) is 0 Å². The van der Waals surface area contributed by atoms with E-state index in [9.17, 15) is 35.1 Å². The van der Waals surface area contributed by atoms with E-state index in [1.807, 2.05) is 0 Å². The van der Waals surface area contributed by atoms with E-state index in [1.165, 1.54) is 0 Å². The molecular formula is C13H18F8O2. The van der Waals surface area contributed by atoms with Crippen LogP contribution in [-0.2, 0) is 9.47 Å². The highest BCUT2D eigenvalue weighted by molar-refractivity contribution is 5.24. The van der Waals surface area contributed by atoms with Crippen LogP contribution in [0.4, 0.5) is 35.1 Å². The van der Waals surface area contributed by atoms with Crippen LogP contribution in [0.5, 0.6) is 0 Å². The van der Waals surface area contributed by atoms with E-state index >= 15 is 0 Å². The number of ether oxygens (including phenoxy) is 2. The van der Waals surface area contributed by atoms with E-state index in [1.54, 1.807) is 0 Å². The maximum absolute atomic E-state index is 14.7. The topological polar surface area (TPSA) is 18.5 Å². The summed E-state index contributed by atoms with van der Waals surface area (Å²) in [5.41, 5.74) is -3.99. The molecule has 0 saturated heterocycles. The molecule has 0 aromatic heterocycles. The van der Waals surface area contributed by atoms with Gasteiger partial charge in [-0.3, -0.25) is 0 Å². The zero-order valence-corrected chi connectivity index (χ0v) is 13.3. The maximum atomic E-state index is 14.7. The van der Waals surface area contributed by atoms with Gasteiger partial charge in [0.1, 0.15) is 0 Å². The van der Waals surface area contributed by atoms with Gasteiger partial charge in [-0.1, -0.05) is 0 Å². The van der Waals surface area contributed by atoms with Crippen LogP contribution in [0.25, 0.3) is 0 Å². The third-order valence-electron chi connectivity index (χ3n) is 2.90. The lowest BCUT2D eigenvalue weighted by atomic mass is 10.1. The van der Waals surface area contributed by atoms with Crippen molar-refractivity contribution in [1.29, 1.82) is 0 Å². The fourth-order valence-corrected chi connectivity index (χ4v) is 2.11. The van der Waals surface area contributed by atoms with Gasteiger partial charge in [-0.25, -0.2) is 0 Å². The third-order valence-corrected chi connectivity index (χ3v) is 2.90. The normalized spacial score (nSPS) is 36.3. The molecule has 0 N–H and O–H groups in total. The van der Waals surface area contributed by atoms with Crippen molar-refractivity contribution in [2.75, 3.05) is 0 Å². The number of hydrogen-bond donors (Lipinski definition) is 0. The van der Waals surface area contributed by atoms with E-state index in [0.29, 0.717) is 0 Å². The smallest absolute Gasteiger partial charge is 0.331 e. The molecule has 2 unspecified atom stereocenters. The van der Waals surface area contributed by atoms with Crippen LogP contribution in [0.3, 0.4) is 0 Å². The SMILES string of the molecule is CC(C)(C)OC1(F)C(F)(F)C(F)(F)C(F)(F)C1(F)OC(C)(C)C. The quantitative estimate of drug-likeness (QED) is 0.656. The minimum Gasteiger partial charge on any atom is -0.331 e. The van der Waals surface area contributed by atoms with Gasteiger partial charge in [0.05, 0.1) is 11.2 Å². The molecule has 0 aromatic rings. The molecule has 0 bridgehead atoms. The molecule has 23 heavy (non-hydrogen) atoms. The van der Waals surface area contributed by atoms with Crippen LogP contribution in [0.2, 0.25) is 0 Å². The van der Waals surface area contributed by atoms with E-state index in [0.717, 1.165) is 41.5 Å². The van der Waals surface area contributed by atoms with Crippen LogP contribution in [-0.4, -0.2) is 40.7 Å². The zero-order chi connectivity index (χ0) is 18.9. The van der Waals surface area contributed by atoms with Gasteiger partial charge in [-0.05, 0) is 41.5 Å². The Labute approximate surface area is 128 Å². The molecule has 0 radical (unpaired) electrons. The molecular weight excluding hydrogens is 340 g/mol. The molecule has 10 heteroatoms. The summed E-state index contributed by atoms with van der Waals surface area (Å²) in [4.78, 5) is 0. The summed E-state index contributed by atoms with van der Waals surface area (Å²) in [5.74, 6) is -29.6. The molecule has 1 fully saturated rings. The second-order valence-corrected chi connectivity index (χ2v) is 7.34. The van der Waals surface area contributed by atoms with Gasteiger partial charge in [0.25, 0.3) is 0 Å². The Morgan fingerprint density at radius 2 is 0.696 bits per heavy atom. The predicted molar refractivity (Wildman–Crippen MR) is 64.2 cm³/mol. The van der Waals surface area contributed by atoms with Crippen molar-refractivity contribution in [3.05, 3.63) is 0 Å². The molecule has 0 spiro atoms. The monoisotopic (exact) mass is 358 g/mol. The van der Waals surface area contributed by atoms with Crippen LogP contribution >= 0.6 is 0 Å². The summed E-state index contributed by atoms with van der Waals surface area (Å²) in [5, 5.41) is 0. The Morgan fingerprint density at radius 3 is 0.870 bits per heavy atom. The number of halogens is 8. The van der Waals surface area contributed by atoms with Crippen molar-refractivity contribution >= 4 is 0 Å². The number of rotatable bonds is 2. The molecule has 138 valence electrons. The van der Waals surface area contributed by atoms with Crippen LogP contribution in [0, 0.1) is 0 Å². The Morgan fingerprint density at radius 1 is 0.478 bits per heavy atom. The van der Waals surface area contributed by atoms with Crippen molar-refractivity contribution in [3.63, 3.8) is 0 Å². The lowest BCUT2D eigenvalue weighted by Gasteiger charge is -2.42. The molecule has 1 aliphatic rings. The first-order valence-corrected chi connectivity index (χ1v) is 6.58. The van der Waals surface area contributed by atoms with Gasteiger partial charge in [0.2, 0.25) is 0 Å². The highest BCUT2D eigenvalue weighted by atomic mass is 19.4. The molecule has 0 aromatic carbocycles. The molecule has 0 aliphatic heterocycles. The predicted octanol–water partition coefficient (Wildman–Crippen LogP) is 4.87. The molecule has 2 nitrogen and oxygen atoms in total. The van der Waals surface area contributed by atoms with Gasteiger partial charge in [-0.15, -0.1) is 0 Å². The zero-order valence-electron chi connectivity index (χ0n) is 13.3. The molecule has 1 rings (SSSR count). The van der Waals surface area contributed by atoms with Gasteiger partial charge in [-0.2, -0.15) is 35.1 Å². The fourth-order valence-electron chi connectivity index (χ4n) is 2.11. The minimum atomic E-state index is -6.37. The van der Waals surface area contributed by atoms with Crippen LogP contribution in [0.15, 0.2) is 0 Å². The Bertz CT molecular complexity index is 437. The minimum absolute atomic E-state index is 0.913. The first-order valence-electron chi connectivity index (χ1n) is 6.58. The van der Waals surface area contributed by atoms with Crippen LogP contribution < -0.4 is 0 Å². The van der Waals surface area contributed by atoms with Crippen molar-refractivity contribution in [3.8, 4) is 0 Å². The first-order chi connectivity index (χ1) is 9.66. The fraction of sp³-hybridized carbons (Fsp3) is 1.00. The number of alkyl halides is 8. The Kier molecular flexibility index (Phi) is 4.18. The van der Waals surface area contributed by atoms with Gasteiger partial charge >= 0.3 is 29.5 Å². The summed E-state index contributed by atoms with van der Waals surface area (Å²) < 4.78 is 120. The lowest BCUT2D eigenvalue weighted by molar-refractivity contribution is -0.423. The average molecular weight is 358 g/mol. The summed E-state index contributed by atoms with van der Waals surface area (Å²) in [6, 6.07) is 0. The summed E-state index contributed by atoms with van der Waals surface area (Å²) >= 11 is 0. The maximum Gasteiger partial charge on any atom is 0.384 e. The van der Waals surface area contributed by atoms with Crippen molar-refractivity contribution in [2.45, 2.75) is 82.2 Å². The lowest BCUT2D eigenvalue weighted by Crippen LogP contribution is -2.64. The standard InChI is InChI=1S/C13H18F8O2/c1-7(2,3)22-12(20)10(16,17)9(14,15)11(18,19)13(12,21)23-8(4,5)6/h1-6H3. The highest BCUT2D eigenvalue weighted by Gasteiger charge is 3.02. The number of hydrogen-bond acceptors (Lipinski definition) is 2. The second kappa shape index (κ2) is 4.71. The molecule has 0 amide bonds. The first kappa shape index (κ1) is 20.4.